The minimum absolute atomic E-state index is 0.127. The number of oxazole rings is 1. The van der Waals surface area contributed by atoms with Gasteiger partial charge in [0.1, 0.15) is 6.26 Å². The Kier molecular flexibility index (Phi) is 4.77. The van der Waals surface area contributed by atoms with E-state index >= 15 is 0 Å². The maximum atomic E-state index is 12.0. The van der Waals surface area contributed by atoms with Crippen molar-refractivity contribution in [3.8, 4) is 23.8 Å². The van der Waals surface area contributed by atoms with E-state index in [0.29, 0.717) is 17.1 Å². The lowest BCUT2D eigenvalue weighted by molar-refractivity contribution is 0.0958. The molecular weight excluding hydrogens is 318 g/mol. The van der Waals surface area contributed by atoms with Crippen LogP contribution in [0, 0.1) is 12.3 Å². The monoisotopic (exact) mass is 333 g/mol. The number of aromatic nitrogens is 2. The SMILES string of the molecule is C#CCNC(=O)c1ccc(=O)n(Cc2coc(-c3ccccc3)n2)c1. The van der Waals surface area contributed by atoms with Crippen molar-refractivity contribution in [2.24, 2.45) is 0 Å². The van der Waals surface area contributed by atoms with Crippen LogP contribution >= 0.6 is 0 Å². The first-order valence-electron chi connectivity index (χ1n) is 7.59. The lowest BCUT2D eigenvalue weighted by Crippen LogP contribution is -2.27. The molecule has 0 bridgehead atoms. The molecule has 0 fully saturated rings. The first-order chi connectivity index (χ1) is 12.2. The summed E-state index contributed by atoms with van der Waals surface area (Å²) in [6.07, 6.45) is 8.10. The van der Waals surface area contributed by atoms with Crippen molar-refractivity contribution < 1.29 is 9.21 Å². The lowest BCUT2D eigenvalue weighted by atomic mass is 10.2. The van der Waals surface area contributed by atoms with E-state index in [1.165, 1.54) is 29.2 Å². The van der Waals surface area contributed by atoms with Crippen LogP contribution in [0.3, 0.4) is 0 Å². The van der Waals surface area contributed by atoms with Crippen LogP contribution in [0.5, 0.6) is 0 Å². The molecule has 2 heterocycles. The first kappa shape index (κ1) is 16.3. The highest BCUT2D eigenvalue weighted by Gasteiger charge is 2.10. The van der Waals surface area contributed by atoms with Crippen molar-refractivity contribution in [2.75, 3.05) is 6.54 Å². The summed E-state index contributed by atoms with van der Waals surface area (Å²) in [5, 5.41) is 2.56. The molecule has 0 spiro atoms. The van der Waals surface area contributed by atoms with Crippen molar-refractivity contribution in [3.05, 3.63) is 76.5 Å². The molecule has 25 heavy (non-hydrogen) atoms. The van der Waals surface area contributed by atoms with Gasteiger partial charge in [0.2, 0.25) is 5.89 Å². The zero-order valence-electron chi connectivity index (χ0n) is 13.3. The summed E-state index contributed by atoms with van der Waals surface area (Å²) in [4.78, 5) is 28.4. The number of rotatable bonds is 5. The van der Waals surface area contributed by atoms with Gasteiger partial charge in [-0.05, 0) is 18.2 Å². The summed E-state index contributed by atoms with van der Waals surface area (Å²) < 4.78 is 6.87. The predicted molar refractivity (Wildman–Crippen MR) is 92.9 cm³/mol. The highest BCUT2D eigenvalue weighted by atomic mass is 16.3. The number of amides is 1. The Morgan fingerprint density at radius 1 is 1.24 bits per heavy atom. The van der Waals surface area contributed by atoms with E-state index in [-0.39, 0.29) is 24.6 Å². The first-order valence-corrected chi connectivity index (χ1v) is 7.59. The normalized spacial score (nSPS) is 10.2. The molecule has 3 rings (SSSR count). The Hall–Kier alpha value is -3.59. The van der Waals surface area contributed by atoms with Gasteiger partial charge in [-0.1, -0.05) is 24.1 Å². The van der Waals surface area contributed by atoms with Crippen LogP contribution in [0.4, 0.5) is 0 Å². The zero-order valence-corrected chi connectivity index (χ0v) is 13.3. The van der Waals surface area contributed by atoms with Crippen LogP contribution in [0.2, 0.25) is 0 Å². The summed E-state index contributed by atoms with van der Waals surface area (Å²) in [6.45, 7) is 0.326. The van der Waals surface area contributed by atoms with E-state index in [2.05, 4.69) is 16.2 Å². The molecule has 0 unspecified atom stereocenters. The molecule has 3 aromatic rings. The Morgan fingerprint density at radius 2 is 2.04 bits per heavy atom. The van der Waals surface area contributed by atoms with E-state index in [0.717, 1.165) is 5.56 Å². The van der Waals surface area contributed by atoms with Crippen LogP contribution in [0.1, 0.15) is 16.1 Å². The summed E-state index contributed by atoms with van der Waals surface area (Å²) in [6, 6.07) is 12.3. The quantitative estimate of drug-likeness (QED) is 0.724. The summed E-state index contributed by atoms with van der Waals surface area (Å²) >= 11 is 0. The average molecular weight is 333 g/mol. The molecule has 0 aliphatic carbocycles. The fourth-order valence-electron chi connectivity index (χ4n) is 2.29. The number of nitrogens with zero attached hydrogens (tertiary/aromatic N) is 2. The number of carbonyl (C=O) groups is 1. The van der Waals surface area contributed by atoms with E-state index < -0.39 is 0 Å². The largest absolute Gasteiger partial charge is 0.444 e. The second-order valence-corrected chi connectivity index (χ2v) is 5.28. The van der Waals surface area contributed by atoms with Crippen molar-refractivity contribution in [2.45, 2.75) is 6.54 Å². The molecule has 0 aliphatic heterocycles. The minimum atomic E-state index is -0.336. The number of benzene rings is 1. The van der Waals surface area contributed by atoms with Crippen molar-refractivity contribution in [3.63, 3.8) is 0 Å². The van der Waals surface area contributed by atoms with Gasteiger partial charge in [0.05, 0.1) is 24.3 Å². The van der Waals surface area contributed by atoms with Gasteiger partial charge in [-0.3, -0.25) is 9.59 Å². The summed E-state index contributed by atoms with van der Waals surface area (Å²) in [5.74, 6) is 2.47. The lowest BCUT2D eigenvalue weighted by Gasteiger charge is -2.06. The molecule has 6 heteroatoms. The smallest absolute Gasteiger partial charge is 0.253 e. The third-order valence-corrected chi connectivity index (χ3v) is 3.50. The Balaban J connectivity index is 1.81. The predicted octanol–water partition coefficient (Wildman–Crippen LogP) is 1.91. The molecule has 6 nitrogen and oxygen atoms in total. The van der Waals surface area contributed by atoms with Crippen molar-refractivity contribution in [1.29, 1.82) is 0 Å². The maximum absolute atomic E-state index is 12.0. The van der Waals surface area contributed by atoms with Gasteiger partial charge < -0.3 is 14.3 Å². The number of carbonyl (C=O) groups excluding carboxylic acids is 1. The number of hydrogen-bond acceptors (Lipinski definition) is 4. The number of pyridine rings is 1. The fourth-order valence-corrected chi connectivity index (χ4v) is 2.29. The van der Waals surface area contributed by atoms with E-state index in [1.54, 1.807) is 0 Å². The van der Waals surface area contributed by atoms with Gasteiger partial charge in [0.15, 0.2) is 0 Å². The number of terminal acetylenes is 1. The van der Waals surface area contributed by atoms with Crippen molar-refractivity contribution >= 4 is 5.91 Å². The standard InChI is InChI=1S/C19H15N3O3/c1-2-10-20-18(24)15-8-9-17(23)22(11-15)12-16-13-25-19(21-16)14-6-4-3-5-7-14/h1,3-9,11,13H,10,12H2,(H,20,24). The minimum Gasteiger partial charge on any atom is -0.444 e. The average Bonchev–Trinajstić information content (AvgIpc) is 3.11. The maximum Gasteiger partial charge on any atom is 0.253 e. The molecule has 0 saturated heterocycles. The number of hydrogen-bond donors (Lipinski definition) is 1. The van der Waals surface area contributed by atoms with Gasteiger partial charge in [-0.25, -0.2) is 4.98 Å². The topological polar surface area (TPSA) is 77.1 Å². The Bertz CT molecular complexity index is 981. The molecule has 1 amide bonds. The van der Waals surface area contributed by atoms with Crippen LogP contribution in [-0.4, -0.2) is 22.0 Å². The highest BCUT2D eigenvalue weighted by Crippen LogP contribution is 2.18. The van der Waals surface area contributed by atoms with Crippen LogP contribution in [0.25, 0.3) is 11.5 Å². The molecule has 1 aromatic carbocycles. The molecule has 0 saturated carbocycles. The van der Waals surface area contributed by atoms with Gasteiger partial charge in [0.25, 0.3) is 11.5 Å². The van der Waals surface area contributed by atoms with Crippen molar-refractivity contribution in [1.82, 2.24) is 14.9 Å². The molecule has 1 N–H and O–H groups in total. The van der Waals surface area contributed by atoms with Gasteiger partial charge in [-0.2, -0.15) is 0 Å². The van der Waals surface area contributed by atoms with Crippen LogP contribution in [0.15, 0.2) is 64.1 Å². The Labute approximate surface area is 144 Å². The Morgan fingerprint density at radius 3 is 2.80 bits per heavy atom. The molecule has 2 aromatic heterocycles. The summed E-state index contributed by atoms with van der Waals surface area (Å²) in [7, 11) is 0. The van der Waals surface area contributed by atoms with Crippen LogP contribution in [-0.2, 0) is 6.54 Å². The third-order valence-electron chi connectivity index (χ3n) is 3.50. The van der Waals surface area contributed by atoms with Crippen LogP contribution < -0.4 is 10.9 Å². The third kappa shape index (κ3) is 3.85. The van der Waals surface area contributed by atoms with Gasteiger partial charge in [-0.15, -0.1) is 6.42 Å². The molecule has 0 radical (unpaired) electrons. The zero-order chi connectivity index (χ0) is 17.6. The highest BCUT2D eigenvalue weighted by molar-refractivity contribution is 5.93. The fraction of sp³-hybridized carbons (Fsp3) is 0.105. The van der Waals surface area contributed by atoms with E-state index in [1.807, 2.05) is 30.3 Å². The molecular formula is C19H15N3O3. The van der Waals surface area contributed by atoms with Gasteiger partial charge in [0, 0.05) is 17.8 Å². The second-order valence-electron chi connectivity index (χ2n) is 5.28. The molecule has 0 aliphatic rings. The second kappa shape index (κ2) is 7.32. The molecule has 0 atom stereocenters. The van der Waals surface area contributed by atoms with Gasteiger partial charge >= 0.3 is 0 Å². The van der Waals surface area contributed by atoms with E-state index in [4.69, 9.17) is 10.8 Å². The summed E-state index contributed by atoms with van der Waals surface area (Å²) in [5.41, 5.74) is 1.55. The number of nitrogens with one attached hydrogen (secondary N) is 1. The molecule has 124 valence electrons. The van der Waals surface area contributed by atoms with E-state index in [9.17, 15) is 9.59 Å².